The first-order valence-electron chi connectivity index (χ1n) is 9.24. The van der Waals surface area contributed by atoms with Gasteiger partial charge in [-0.2, -0.15) is 0 Å². The number of aromatic nitrogens is 1. The van der Waals surface area contributed by atoms with Gasteiger partial charge in [-0.25, -0.2) is 4.98 Å². The summed E-state index contributed by atoms with van der Waals surface area (Å²) < 4.78 is 5.36. The molecule has 0 aliphatic carbocycles. The number of nitrogens with one attached hydrogen (secondary N) is 2. The summed E-state index contributed by atoms with van der Waals surface area (Å²) in [4.78, 5) is 19.3. The number of carbonyl (C=O) groups excluding carboxylic acids is 1. The van der Waals surface area contributed by atoms with Crippen molar-refractivity contribution in [3.8, 4) is 0 Å². The van der Waals surface area contributed by atoms with E-state index in [1.54, 1.807) is 0 Å². The van der Waals surface area contributed by atoms with Gasteiger partial charge in [0.15, 0.2) is 0 Å². The fraction of sp³-hybridized carbons (Fsp3) is 0.238. The second-order valence-corrected chi connectivity index (χ2v) is 7.48. The van der Waals surface area contributed by atoms with Crippen LogP contribution in [-0.4, -0.2) is 42.1 Å². The average Bonchev–Trinajstić information content (AvgIpc) is 3.20. The molecule has 0 spiro atoms. The van der Waals surface area contributed by atoms with E-state index < -0.39 is 0 Å². The van der Waals surface area contributed by atoms with Crippen LogP contribution in [0, 0.1) is 0 Å². The first kappa shape index (κ1) is 18.6. The number of ether oxygens (including phenoxy) is 1. The molecule has 0 bridgehead atoms. The lowest BCUT2D eigenvalue weighted by atomic mass is 10.2. The third-order valence-corrected chi connectivity index (χ3v) is 5.29. The van der Waals surface area contributed by atoms with Gasteiger partial charge in [0.2, 0.25) is 0 Å². The number of amides is 1. The molecule has 2 N–H and O–H groups in total. The third-order valence-electron chi connectivity index (χ3n) is 4.45. The molecule has 2 heterocycles. The van der Waals surface area contributed by atoms with Crippen molar-refractivity contribution in [2.75, 3.05) is 36.9 Å². The SMILES string of the molecule is O=C(Nc1ccc(Nc2ccccc2)cc1)c1csc(CN2CCOCC2)n1. The van der Waals surface area contributed by atoms with Crippen molar-refractivity contribution in [1.29, 1.82) is 0 Å². The number of hydrogen-bond acceptors (Lipinski definition) is 6. The fourth-order valence-corrected chi connectivity index (χ4v) is 3.77. The molecule has 2 aromatic carbocycles. The third kappa shape index (κ3) is 4.95. The lowest BCUT2D eigenvalue weighted by Crippen LogP contribution is -2.35. The van der Waals surface area contributed by atoms with E-state index in [1.807, 2.05) is 60.0 Å². The Kier molecular flexibility index (Phi) is 5.96. The Morgan fingerprint density at radius 1 is 1.00 bits per heavy atom. The predicted octanol–water partition coefficient (Wildman–Crippen LogP) is 3.97. The van der Waals surface area contributed by atoms with Gasteiger partial charge >= 0.3 is 0 Å². The van der Waals surface area contributed by atoms with Crippen LogP contribution in [-0.2, 0) is 11.3 Å². The highest BCUT2D eigenvalue weighted by molar-refractivity contribution is 7.09. The van der Waals surface area contributed by atoms with Gasteiger partial charge in [-0.15, -0.1) is 11.3 Å². The number of anilines is 3. The Balaban J connectivity index is 1.33. The van der Waals surface area contributed by atoms with Crippen molar-refractivity contribution in [2.24, 2.45) is 0 Å². The van der Waals surface area contributed by atoms with Crippen molar-refractivity contribution < 1.29 is 9.53 Å². The number of rotatable bonds is 6. The first-order chi connectivity index (χ1) is 13.8. The molecule has 0 saturated carbocycles. The van der Waals surface area contributed by atoms with Crippen LogP contribution in [0.1, 0.15) is 15.5 Å². The molecule has 1 fully saturated rings. The second-order valence-electron chi connectivity index (χ2n) is 6.54. The number of nitrogens with zero attached hydrogens (tertiary/aromatic N) is 2. The zero-order valence-corrected chi connectivity index (χ0v) is 16.2. The summed E-state index contributed by atoms with van der Waals surface area (Å²) in [5.74, 6) is -0.187. The van der Waals surface area contributed by atoms with Crippen molar-refractivity contribution in [3.63, 3.8) is 0 Å². The van der Waals surface area contributed by atoms with E-state index in [0.29, 0.717) is 5.69 Å². The Morgan fingerprint density at radius 2 is 1.68 bits per heavy atom. The molecule has 6 nitrogen and oxygen atoms in total. The summed E-state index contributed by atoms with van der Waals surface area (Å²) in [7, 11) is 0. The minimum atomic E-state index is -0.187. The summed E-state index contributed by atoms with van der Waals surface area (Å²) in [5, 5.41) is 9.00. The minimum Gasteiger partial charge on any atom is -0.379 e. The minimum absolute atomic E-state index is 0.187. The van der Waals surface area contributed by atoms with Gasteiger partial charge in [0.25, 0.3) is 5.91 Å². The van der Waals surface area contributed by atoms with Crippen LogP contribution >= 0.6 is 11.3 Å². The lowest BCUT2D eigenvalue weighted by Gasteiger charge is -2.25. The smallest absolute Gasteiger partial charge is 0.275 e. The van der Waals surface area contributed by atoms with E-state index in [-0.39, 0.29) is 5.91 Å². The zero-order valence-electron chi connectivity index (χ0n) is 15.4. The van der Waals surface area contributed by atoms with Gasteiger partial charge in [0.05, 0.1) is 19.8 Å². The molecule has 1 saturated heterocycles. The van der Waals surface area contributed by atoms with Gasteiger partial charge in [-0.1, -0.05) is 18.2 Å². The van der Waals surface area contributed by atoms with Crippen LogP contribution in [0.5, 0.6) is 0 Å². The molecule has 3 aromatic rings. The van der Waals surface area contributed by atoms with E-state index in [9.17, 15) is 4.79 Å². The average molecular weight is 395 g/mol. The van der Waals surface area contributed by atoms with Gasteiger partial charge in [0, 0.05) is 35.5 Å². The summed E-state index contributed by atoms with van der Waals surface area (Å²) >= 11 is 1.52. The van der Waals surface area contributed by atoms with Gasteiger partial charge in [0.1, 0.15) is 10.7 Å². The van der Waals surface area contributed by atoms with Crippen LogP contribution < -0.4 is 10.6 Å². The molecule has 0 radical (unpaired) electrons. The molecular formula is C21H22N4O2S. The summed E-state index contributed by atoms with van der Waals surface area (Å²) in [6.07, 6.45) is 0. The van der Waals surface area contributed by atoms with Crippen molar-refractivity contribution in [1.82, 2.24) is 9.88 Å². The van der Waals surface area contributed by atoms with E-state index >= 15 is 0 Å². The molecule has 7 heteroatoms. The highest BCUT2D eigenvalue weighted by Crippen LogP contribution is 2.20. The monoisotopic (exact) mass is 394 g/mol. The normalized spacial score (nSPS) is 14.6. The van der Waals surface area contributed by atoms with E-state index in [2.05, 4.69) is 20.5 Å². The highest BCUT2D eigenvalue weighted by atomic mass is 32.1. The topological polar surface area (TPSA) is 66.5 Å². The lowest BCUT2D eigenvalue weighted by molar-refractivity contribution is 0.0341. The van der Waals surface area contributed by atoms with E-state index in [4.69, 9.17) is 4.74 Å². The maximum Gasteiger partial charge on any atom is 0.275 e. The second kappa shape index (κ2) is 8.97. The number of hydrogen-bond donors (Lipinski definition) is 2. The van der Waals surface area contributed by atoms with Crippen molar-refractivity contribution >= 4 is 34.3 Å². The largest absolute Gasteiger partial charge is 0.379 e. The number of thiazole rings is 1. The fourth-order valence-electron chi connectivity index (χ4n) is 2.96. The van der Waals surface area contributed by atoms with Crippen molar-refractivity contribution in [3.05, 3.63) is 70.7 Å². The van der Waals surface area contributed by atoms with Crippen LogP contribution in [0.4, 0.5) is 17.1 Å². The number of para-hydroxylation sites is 1. The zero-order chi connectivity index (χ0) is 19.2. The number of morpholine rings is 1. The van der Waals surface area contributed by atoms with Crippen LogP contribution in [0.25, 0.3) is 0 Å². The molecule has 0 atom stereocenters. The van der Waals surface area contributed by atoms with Crippen LogP contribution in [0.15, 0.2) is 60.0 Å². The Bertz CT molecular complexity index is 906. The molecule has 1 aliphatic rings. The Morgan fingerprint density at radius 3 is 2.43 bits per heavy atom. The van der Waals surface area contributed by atoms with E-state index in [0.717, 1.165) is 54.9 Å². The maximum absolute atomic E-state index is 12.5. The summed E-state index contributed by atoms with van der Waals surface area (Å²) in [5.41, 5.74) is 3.19. The molecular weight excluding hydrogens is 372 g/mol. The Labute approximate surface area is 168 Å². The predicted molar refractivity (Wildman–Crippen MR) is 112 cm³/mol. The van der Waals surface area contributed by atoms with E-state index in [1.165, 1.54) is 11.3 Å². The van der Waals surface area contributed by atoms with Gasteiger partial charge in [-0.05, 0) is 36.4 Å². The number of benzene rings is 2. The van der Waals surface area contributed by atoms with Crippen LogP contribution in [0.3, 0.4) is 0 Å². The summed E-state index contributed by atoms with van der Waals surface area (Å²) in [6, 6.07) is 17.6. The standard InChI is InChI=1S/C21H22N4O2S/c26-21(19-15-28-20(24-19)14-25-10-12-27-13-11-25)23-18-8-6-17(7-9-18)22-16-4-2-1-3-5-16/h1-9,15,22H,10-14H2,(H,23,26). The summed E-state index contributed by atoms with van der Waals surface area (Å²) in [6.45, 7) is 4.10. The quantitative estimate of drug-likeness (QED) is 0.662. The molecule has 1 amide bonds. The van der Waals surface area contributed by atoms with Gasteiger partial charge < -0.3 is 15.4 Å². The molecule has 4 rings (SSSR count). The van der Waals surface area contributed by atoms with Crippen molar-refractivity contribution in [2.45, 2.75) is 6.54 Å². The maximum atomic E-state index is 12.5. The molecule has 144 valence electrons. The van der Waals surface area contributed by atoms with Crippen LogP contribution in [0.2, 0.25) is 0 Å². The molecule has 0 unspecified atom stereocenters. The molecule has 1 aromatic heterocycles. The molecule has 1 aliphatic heterocycles. The van der Waals surface area contributed by atoms with Gasteiger partial charge in [-0.3, -0.25) is 9.69 Å². The first-order valence-corrected chi connectivity index (χ1v) is 10.1. The molecule has 28 heavy (non-hydrogen) atoms. The Hall–Kier alpha value is -2.74. The highest BCUT2D eigenvalue weighted by Gasteiger charge is 2.15. The number of carbonyl (C=O) groups is 1.